The molecule has 0 bridgehead atoms. The Morgan fingerprint density at radius 2 is 1.36 bits per heavy atom. The Labute approximate surface area is 182 Å². The van der Waals surface area contributed by atoms with Gasteiger partial charge in [0, 0.05) is 36.0 Å². The molecule has 0 saturated carbocycles. The minimum atomic E-state index is 0. The van der Waals surface area contributed by atoms with Gasteiger partial charge in [-0.05, 0) is 23.9 Å². The fourth-order valence-corrected chi connectivity index (χ4v) is 3.54. The van der Waals surface area contributed by atoms with Crippen LogP contribution in [0.3, 0.4) is 0 Å². The second kappa shape index (κ2) is 10.0. The first-order valence-corrected chi connectivity index (χ1v) is 9.42. The molecule has 5 aromatic rings. The fourth-order valence-electron chi connectivity index (χ4n) is 2.59. The number of hydrogen-bond donors (Lipinski definition) is 0. The van der Waals surface area contributed by atoms with Gasteiger partial charge in [-0.25, -0.2) is 0 Å². The first-order chi connectivity index (χ1) is 13.4. The Morgan fingerprint density at radius 3 is 2.00 bits per heavy atom. The third-order valence-corrected chi connectivity index (χ3v) is 4.95. The zero-order valence-corrected chi connectivity index (χ0v) is 18.1. The largest absolute Gasteiger partial charge is 0.305 e. The number of fused-ring (bicyclic) bond motifs is 1. The van der Waals surface area contributed by atoms with Crippen LogP contribution in [0, 0.1) is 12.1 Å². The van der Waals surface area contributed by atoms with Crippen LogP contribution in [0.1, 0.15) is 0 Å². The van der Waals surface area contributed by atoms with Crippen LogP contribution in [-0.2, 0) is 20.1 Å². The number of pyridine rings is 1. The van der Waals surface area contributed by atoms with E-state index in [4.69, 9.17) is 0 Å². The summed E-state index contributed by atoms with van der Waals surface area (Å²) in [6.45, 7) is 0. The quantitative estimate of drug-likeness (QED) is 0.238. The molecule has 0 spiro atoms. The van der Waals surface area contributed by atoms with Crippen LogP contribution in [0.2, 0.25) is 0 Å². The number of thiazole rings is 1. The summed E-state index contributed by atoms with van der Waals surface area (Å²) in [5, 5.41) is 1.04. The Morgan fingerprint density at radius 1 is 0.679 bits per heavy atom. The van der Waals surface area contributed by atoms with Gasteiger partial charge in [-0.1, -0.05) is 24.3 Å². The van der Waals surface area contributed by atoms with Gasteiger partial charge in [0.1, 0.15) is 0 Å². The number of nitrogens with zero attached hydrogens (tertiary/aromatic N) is 2. The molecule has 2 heterocycles. The standard InChI is InChI=1S/C13H8NS.C11H8N.Ir/c1-2-6-10(7-3-1)13-14-11-8-4-5-9-12(11)15-13;1-2-6-10(7-3-1)11-8-4-5-9-12-11;/h1-6,8-9H;1-6,8-9H;/q2*-1;. The number of benzene rings is 3. The van der Waals surface area contributed by atoms with Crippen molar-refractivity contribution in [1.29, 1.82) is 0 Å². The van der Waals surface area contributed by atoms with Gasteiger partial charge in [0.2, 0.25) is 0 Å². The molecule has 0 saturated heterocycles. The average molecular weight is 557 g/mol. The van der Waals surface area contributed by atoms with E-state index < -0.39 is 0 Å². The summed E-state index contributed by atoms with van der Waals surface area (Å²) in [5.41, 5.74) is 4.14. The summed E-state index contributed by atoms with van der Waals surface area (Å²) in [7, 11) is 0. The van der Waals surface area contributed by atoms with Crippen molar-refractivity contribution >= 4 is 21.6 Å². The molecule has 0 N–H and O–H groups in total. The van der Waals surface area contributed by atoms with Gasteiger partial charge in [-0.3, -0.25) is 4.98 Å². The molecule has 4 heteroatoms. The van der Waals surface area contributed by atoms with E-state index in [0.717, 1.165) is 27.3 Å². The van der Waals surface area contributed by atoms with Crippen LogP contribution in [0.15, 0.2) is 97.2 Å². The van der Waals surface area contributed by atoms with Gasteiger partial charge in [-0.2, -0.15) is 11.3 Å². The zero-order valence-electron chi connectivity index (χ0n) is 14.9. The molecule has 2 nitrogen and oxygen atoms in total. The number of aromatic nitrogens is 2. The molecular weight excluding hydrogens is 541 g/mol. The average Bonchev–Trinajstić information content (AvgIpc) is 3.21. The molecule has 0 aliphatic heterocycles. The minimum Gasteiger partial charge on any atom is -0.305 e. The molecule has 3 aromatic carbocycles. The Kier molecular flexibility index (Phi) is 7.21. The maximum atomic E-state index is 4.57. The number of rotatable bonds is 2. The van der Waals surface area contributed by atoms with Crippen LogP contribution in [0.5, 0.6) is 0 Å². The van der Waals surface area contributed by atoms with E-state index in [-0.39, 0.29) is 20.1 Å². The predicted octanol–water partition coefficient (Wildman–Crippen LogP) is 6.31. The Balaban J connectivity index is 0.000000159. The van der Waals surface area contributed by atoms with Gasteiger partial charge in [0.15, 0.2) is 0 Å². The van der Waals surface area contributed by atoms with Gasteiger partial charge < -0.3 is 4.98 Å². The van der Waals surface area contributed by atoms with Crippen LogP contribution in [-0.4, -0.2) is 9.97 Å². The van der Waals surface area contributed by atoms with E-state index in [2.05, 4.69) is 28.2 Å². The molecule has 5 rings (SSSR count). The summed E-state index contributed by atoms with van der Waals surface area (Å²) in [6.07, 6.45) is 1.79. The van der Waals surface area contributed by atoms with Crippen molar-refractivity contribution in [2.24, 2.45) is 0 Å². The maximum Gasteiger partial charge on any atom is 0.0697 e. The van der Waals surface area contributed by atoms with E-state index in [0.29, 0.717) is 0 Å². The Bertz CT molecular complexity index is 1040. The molecule has 139 valence electrons. The van der Waals surface area contributed by atoms with Gasteiger partial charge in [-0.15, -0.1) is 71.8 Å². The summed E-state index contributed by atoms with van der Waals surface area (Å²) in [6, 6.07) is 36.1. The van der Waals surface area contributed by atoms with Gasteiger partial charge in [0.25, 0.3) is 0 Å². The van der Waals surface area contributed by atoms with Crippen molar-refractivity contribution in [2.75, 3.05) is 0 Å². The molecule has 0 unspecified atom stereocenters. The molecule has 0 aliphatic carbocycles. The molecule has 0 fully saturated rings. The second-order valence-electron chi connectivity index (χ2n) is 5.75. The molecular formula is C24H16IrN2S-2. The molecule has 2 aromatic heterocycles. The zero-order chi connectivity index (χ0) is 18.3. The van der Waals surface area contributed by atoms with Crippen LogP contribution >= 0.6 is 11.3 Å². The van der Waals surface area contributed by atoms with Crippen molar-refractivity contribution in [3.8, 4) is 21.8 Å². The Hall–Kier alpha value is -2.65. The SMILES string of the molecule is [Ir].[c-]1ccccc1-c1ccccn1.[c-]1ccccc1-c1nc2ccccc2s1. The van der Waals surface area contributed by atoms with Crippen molar-refractivity contribution in [3.05, 3.63) is 109 Å². The summed E-state index contributed by atoms with van der Waals surface area (Å²) in [5.74, 6) is 0. The van der Waals surface area contributed by atoms with E-state index in [9.17, 15) is 0 Å². The first-order valence-electron chi connectivity index (χ1n) is 8.61. The predicted molar refractivity (Wildman–Crippen MR) is 112 cm³/mol. The normalized spacial score (nSPS) is 9.86. The van der Waals surface area contributed by atoms with Crippen LogP contribution < -0.4 is 0 Å². The van der Waals surface area contributed by atoms with Crippen LogP contribution in [0.25, 0.3) is 32.0 Å². The third kappa shape index (κ3) is 4.99. The summed E-state index contributed by atoms with van der Waals surface area (Å²) in [4.78, 5) is 8.79. The topological polar surface area (TPSA) is 25.8 Å². The molecule has 0 aliphatic rings. The maximum absolute atomic E-state index is 4.57. The monoisotopic (exact) mass is 557 g/mol. The second-order valence-corrected chi connectivity index (χ2v) is 6.78. The number of para-hydroxylation sites is 1. The van der Waals surface area contributed by atoms with Crippen LogP contribution in [0.4, 0.5) is 0 Å². The van der Waals surface area contributed by atoms with Gasteiger partial charge in [0.05, 0.1) is 5.52 Å². The summed E-state index contributed by atoms with van der Waals surface area (Å²) >= 11 is 1.71. The van der Waals surface area contributed by atoms with Gasteiger partial charge >= 0.3 is 0 Å². The van der Waals surface area contributed by atoms with E-state index in [1.807, 2.05) is 84.9 Å². The molecule has 0 atom stereocenters. The van der Waals surface area contributed by atoms with Crippen molar-refractivity contribution in [1.82, 2.24) is 9.97 Å². The first kappa shape index (κ1) is 20.1. The third-order valence-electron chi connectivity index (χ3n) is 3.88. The van der Waals surface area contributed by atoms with E-state index >= 15 is 0 Å². The summed E-state index contributed by atoms with van der Waals surface area (Å²) < 4.78 is 1.23. The van der Waals surface area contributed by atoms with Crippen molar-refractivity contribution < 1.29 is 20.1 Å². The number of hydrogen-bond acceptors (Lipinski definition) is 3. The van der Waals surface area contributed by atoms with Crippen molar-refractivity contribution in [2.45, 2.75) is 0 Å². The van der Waals surface area contributed by atoms with Crippen molar-refractivity contribution in [3.63, 3.8) is 0 Å². The molecule has 0 amide bonds. The molecule has 28 heavy (non-hydrogen) atoms. The van der Waals surface area contributed by atoms with E-state index in [1.165, 1.54) is 4.70 Å². The van der Waals surface area contributed by atoms with E-state index in [1.54, 1.807) is 17.5 Å². The minimum absolute atomic E-state index is 0. The molecule has 1 radical (unpaired) electrons. The fraction of sp³-hybridized carbons (Fsp3) is 0. The smallest absolute Gasteiger partial charge is 0.0697 e.